The van der Waals surface area contributed by atoms with Gasteiger partial charge in [0.15, 0.2) is 0 Å². The van der Waals surface area contributed by atoms with E-state index in [0.29, 0.717) is 24.9 Å². The molecule has 0 radical (unpaired) electrons. The van der Waals surface area contributed by atoms with Crippen molar-refractivity contribution < 1.29 is 24.2 Å². The van der Waals surface area contributed by atoms with Crippen LogP contribution in [0.5, 0.6) is 5.75 Å². The molecule has 144 valence electrons. The normalized spacial score (nSPS) is 17.0. The Hall–Kier alpha value is -2.39. The first-order valence-corrected chi connectivity index (χ1v) is 8.65. The van der Waals surface area contributed by atoms with Crippen LogP contribution >= 0.6 is 0 Å². The molecule has 9 heteroatoms. The molecule has 0 aliphatic carbocycles. The van der Waals surface area contributed by atoms with Crippen molar-refractivity contribution in [3.05, 3.63) is 24.0 Å². The third-order valence-electron chi connectivity index (χ3n) is 4.09. The van der Waals surface area contributed by atoms with E-state index in [1.54, 1.807) is 6.20 Å². The van der Waals surface area contributed by atoms with E-state index in [9.17, 15) is 9.59 Å². The lowest BCUT2D eigenvalue weighted by Crippen LogP contribution is -2.32. The number of carbonyl (C=O) groups is 2. The molecule has 1 aliphatic heterocycles. The minimum atomic E-state index is -1.12. The Kier molecular flexibility index (Phi) is 8.10. The quantitative estimate of drug-likeness (QED) is 0.521. The Bertz CT molecular complexity index is 598. The highest BCUT2D eigenvalue weighted by atomic mass is 16.5. The molecule has 0 spiro atoms. The van der Waals surface area contributed by atoms with Gasteiger partial charge in [-0.3, -0.25) is 14.7 Å². The number of nitrogens with one attached hydrogen (secondary N) is 2. The number of likely N-dealkylation sites (tertiary alicyclic amines) is 1. The summed E-state index contributed by atoms with van der Waals surface area (Å²) in [5.41, 5.74) is 1.15. The fourth-order valence-electron chi connectivity index (χ4n) is 2.83. The maximum absolute atomic E-state index is 11.6. The summed E-state index contributed by atoms with van der Waals surface area (Å²) in [7, 11) is 2.11. The molecule has 0 aromatic carbocycles. The second-order valence-corrected chi connectivity index (χ2v) is 6.08. The highest BCUT2D eigenvalue weighted by molar-refractivity contribution is 5.77. The first kappa shape index (κ1) is 19.9. The molecule has 2 rings (SSSR count). The summed E-state index contributed by atoms with van der Waals surface area (Å²) in [4.78, 5) is 28.4. The molecule has 0 bridgehead atoms. The predicted molar refractivity (Wildman–Crippen MR) is 94.2 cm³/mol. The third kappa shape index (κ3) is 6.85. The van der Waals surface area contributed by atoms with Crippen molar-refractivity contribution in [3.8, 4) is 5.75 Å². The molecule has 0 saturated carbocycles. The molecule has 1 aromatic rings. The second-order valence-electron chi connectivity index (χ2n) is 6.08. The van der Waals surface area contributed by atoms with Crippen LogP contribution in [0.1, 0.15) is 24.4 Å². The molecule has 1 atom stereocenters. The number of nitrogens with zero attached hydrogens (tertiary/aromatic N) is 2. The van der Waals surface area contributed by atoms with E-state index >= 15 is 0 Å². The van der Waals surface area contributed by atoms with Crippen LogP contribution in [0.4, 0.5) is 4.79 Å². The average Bonchev–Trinajstić information content (AvgIpc) is 3.04. The van der Waals surface area contributed by atoms with Crippen LogP contribution in [0.15, 0.2) is 18.5 Å². The smallest absolute Gasteiger partial charge is 0.404 e. The Morgan fingerprint density at radius 2 is 2.12 bits per heavy atom. The topological polar surface area (TPSA) is 113 Å². The Morgan fingerprint density at radius 3 is 2.85 bits per heavy atom. The summed E-state index contributed by atoms with van der Waals surface area (Å²) in [6.07, 6.45) is 4.73. The predicted octanol–water partition coefficient (Wildman–Crippen LogP) is 0.628. The minimum Gasteiger partial charge on any atom is -0.490 e. The molecule has 26 heavy (non-hydrogen) atoms. The fraction of sp³-hybridized carbons (Fsp3) is 0.588. The molecule has 0 unspecified atom stereocenters. The van der Waals surface area contributed by atoms with Crippen molar-refractivity contribution in [3.63, 3.8) is 0 Å². The van der Waals surface area contributed by atoms with Crippen molar-refractivity contribution in [1.29, 1.82) is 0 Å². The Balaban J connectivity index is 1.61. The first-order chi connectivity index (χ1) is 12.6. The van der Waals surface area contributed by atoms with Crippen LogP contribution in [-0.2, 0) is 9.53 Å². The third-order valence-corrected chi connectivity index (χ3v) is 4.09. The number of hydrogen-bond donors (Lipinski definition) is 3. The SMILES string of the molecule is CN1CCC[C@H]1c1cncc(OCCNC(=O)COCCNC(=O)O)c1. The number of ether oxygens (including phenoxy) is 2. The second kappa shape index (κ2) is 10.6. The maximum Gasteiger partial charge on any atom is 0.404 e. The van der Waals surface area contributed by atoms with Crippen LogP contribution < -0.4 is 15.4 Å². The van der Waals surface area contributed by atoms with Crippen molar-refractivity contribution in [2.45, 2.75) is 18.9 Å². The van der Waals surface area contributed by atoms with Gasteiger partial charge in [0.05, 0.1) is 19.3 Å². The van der Waals surface area contributed by atoms with Gasteiger partial charge in [0.1, 0.15) is 19.0 Å². The molecule has 1 aromatic heterocycles. The van der Waals surface area contributed by atoms with Crippen LogP contribution in [0, 0.1) is 0 Å². The number of rotatable bonds is 10. The van der Waals surface area contributed by atoms with Crippen molar-refractivity contribution in [1.82, 2.24) is 20.5 Å². The zero-order valence-corrected chi connectivity index (χ0v) is 14.9. The standard InChI is InChI=1S/C17H26N4O5/c1-21-6-2-3-15(21)13-9-14(11-18-10-13)26-8-5-19-16(22)12-25-7-4-20-17(23)24/h9-11,15,20H,2-8,12H2,1H3,(H,19,22)(H,23,24)/t15-/m0/s1. The number of pyridine rings is 1. The monoisotopic (exact) mass is 366 g/mol. The van der Waals surface area contributed by atoms with Crippen LogP contribution in [0.2, 0.25) is 0 Å². The molecular formula is C17H26N4O5. The summed E-state index contributed by atoms with van der Waals surface area (Å²) < 4.78 is 10.7. The maximum atomic E-state index is 11.6. The number of hydrogen-bond acceptors (Lipinski definition) is 6. The number of amides is 2. The molecule has 1 aliphatic rings. The zero-order valence-electron chi connectivity index (χ0n) is 14.9. The molecule has 1 fully saturated rings. The molecule has 3 N–H and O–H groups in total. The largest absolute Gasteiger partial charge is 0.490 e. The molecule has 2 amide bonds. The van der Waals surface area contributed by atoms with Gasteiger partial charge in [-0.15, -0.1) is 0 Å². The summed E-state index contributed by atoms with van der Waals surface area (Å²) in [6.45, 7) is 1.94. The minimum absolute atomic E-state index is 0.119. The van der Waals surface area contributed by atoms with E-state index in [2.05, 4.69) is 27.6 Å². The van der Waals surface area contributed by atoms with Crippen molar-refractivity contribution >= 4 is 12.0 Å². The summed E-state index contributed by atoms with van der Waals surface area (Å²) >= 11 is 0. The van der Waals surface area contributed by atoms with Gasteiger partial charge < -0.3 is 25.2 Å². The zero-order chi connectivity index (χ0) is 18.8. The van der Waals surface area contributed by atoms with Crippen molar-refractivity contribution in [2.24, 2.45) is 0 Å². The summed E-state index contributed by atoms with van der Waals surface area (Å²) in [6, 6.07) is 2.39. The number of carboxylic acid groups (broad SMARTS) is 1. The lowest BCUT2D eigenvalue weighted by molar-refractivity contribution is -0.125. The van der Waals surface area contributed by atoms with E-state index in [0.717, 1.165) is 18.5 Å². The Labute approximate surface area is 152 Å². The first-order valence-electron chi connectivity index (χ1n) is 8.65. The lowest BCUT2D eigenvalue weighted by Gasteiger charge is -2.19. The highest BCUT2D eigenvalue weighted by Gasteiger charge is 2.23. The van der Waals surface area contributed by atoms with E-state index in [1.807, 2.05) is 12.3 Å². The van der Waals surface area contributed by atoms with Gasteiger partial charge in [-0.25, -0.2) is 4.79 Å². The van der Waals surface area contributed by atoms with Crippen molar-refractivity contribution in [2.75, 3.05) is 46.5 Å². The molecule has 1 saturated heterocycles. The summed E-state index contributed by atoms with van der Waals surface area (Å²) in [5.74, 6) is 0.413. The van der Waals surface area contributed by atoms with Gasteiger partial charge in [-0.1, -0.05) is 0 Å². The molecule has 9 nitrogen and oxygen atoms in total. The van der Waals surface area contributed by atoms with E-state index in [4.69, 9.17) is 14.6 Å². The van der Waals surface area contributed by atoms with Gasteiger partial charge in [0, 0.05) is 18.8 Å². The van der Waals surface area contributed by atoms with Gasteiger partial charge in [-0.2, -0.15) is 0 Å². The lowest BCUT2D eigenvalue weighted by atomic mass is 10.1. The van der Waals surface area contributed by atoms with Gasteiger partial charge >= 0.3 is 6.09 Å². The van der Waals surface area contributed by atoms with Crippen LogP contribution in [0.25, 0.3) is 0 Å². The van der Waals surface area contributed by atoms with Gasteiger partial charge in [0.2, 0.25) is 5.91 Å². The molecule has 2 heterocycles. The van der Waals surface area contributed by atoms with Gasteiger partial charge in [0.25, 0.3) is 0 Å². The van der Waals surface area contributed by atoms with Crippen LogP contribution in [-0.4, -0.2) is 73.5 Å². The average molecular weight is 366 g/mol. The van der Waals surface area contributed by atoms with E-state index in [-0.39, 0.29) is 25.7 Å². The number of carbonyl (C=O) groups excluding carboxylic acids is 1. The Morgan fingerprint density at radius 1 is 1.31 bits per heavy atom. The van der Waals surface area contributed by atoms with E-state index < -0.39 is 6.09 Å². The van der Waals surface area contributed by atoms with Crippen LogP contribution in [0.3, 0.4) is 0 Å². The van der Waals surface area contributed by atoms with E-state index in [1.165, 1.54) is 6.42 Å². The van der Waals surface area contributed by atoms with Gasteiger partial charge in [-0.05, 0) is 38.1 Å². The number of aromatic nitrogens is 1. The highest BCUT2D eigenvalue weighted by Crippen LogP contribution is 2.31. The fourth-order valence-corrected chi connectivity index (χ4v) is 2.83. The molecular weight excluding hydrogens is 340 g/mol. The summed E-state index contributed by atoms with van der Waals surface area (Å²) in [5, 5.41) is 13.2.